The van der Waals surface area contributed by atoms with E-state index < -0.39 is 0 Å². The van der Waals surface area contributed by atoms with Gasteiger partial charge in [-0.05, 0) is 31.9 Å². The normalized spacial score (nSPS) is 19.6. The summed E-state index contributed by atoms with van der Waals surface area (Å²) in [6.45, 7) is 3.56. The molecule has 4 nitrogen and oxygen atoms in total. The molecule has 2 aromatic rings. The number of carbonyl (C=O) groups excluding carboxylic acids is 1. The maximum absolute atomic E-state index is 12.3. The minimum Gasteiger partial charge on any atom is -0.459 e. The molecule has 0 aromatic carbocycles. The van der Waals surface area contributed by atoms with Gasteiger partial charge in [-0.2, -0.15) is 0 Å². The number of piperidine rings is 1. The first-order chi connectivity index (χ1) is 9.24. The zero-order valence-corrected chi connectivity index (χ0v) is 11.7. The molecule has 1 amide bonds. The molecule has 3 heterocycles. The summed E-state index contributed by atoms with van der Waals surface area (Å²) < 4.78 is 5.19. The Hall–Kier alpha value is -1.62. The summed E-state index contributed by atoms with van der Waals surface area (Å²) in [6.07, 6.45) is 3.67. The van der Waals surface area contributed by atoms with Crippen molar-refractivity contribution in [2.24, 2.45) is 0 Å². The molecule has 0 aliphatic carbocycles. The largest absolute Gasteiger partial charge is 0.459 e. The lowest BCUT2D eigenvalue weighted by Crippen LogP contribution is -2.38. The van der Waals surface area contributed by atoms with Crippen molar-refractivity contribution in [3.05, 3.63) is 40.2 Å². The predicted octanol–water partition coefficient (Wildman–Crippen LogP) is 3.06. The van der Waals surface area contributed by atoms with Crippen molar-refractivity contribution < 1.29 is 9.21 Å². The third-order valence-corrected chi connectivity index (χ3v) is 4.55. The van der Waals surface area contributed by atoms with Crippen LogP contribution in [0.25, 0.3) is 0 Å². The second-order valence-electron chi connectivity index (χ2n) is 4.89. The number of rotatable bonds is 2. The van der Waals surface area contributed by atoms with Crippen LogP contribution in [0.4, 0.5) is 0 Å². The molecule has 1 aliphatic heterocycles. The van der Waals surface area contributed by atoms with Crippen LogP contribution in [-0.4, -0.2) is 28.9 Å². The minimum atomic E-state index is -0.0111. The Bertz CT molecular complexity index is 562. The van der Waals surface area contributed by atoms with E-state index in [-0.39, 0.29) is 5.91 Å². The van der Waals surface area contributed by atoms with Crippen LogP contribution >= 0.6 is 11.3 Å². The molecule has 100 valence electrons. The molecule has 0 spiro atoms. The molecule has 1 fully saturated rings. The summed E-state index contributed by atoms with van der Waals surface area (Å²) in [5, 5.41) is 3.22. The fourth-order valence-corrected chi connectivity index (χ4v) is 3.40. The van der Waals surface area contributed by atoms with Crippen molar-refractivity contribution in [2.45, 2.75) is 25.7 Å². The van der Waals surface area contributed by atoms with E-state index in [0.29, 0.717) is 11.7 Å². The quantitative estimate of drug-likeness (QED) is 0.847. The highest BCUT2D eigenvalue weighted by Crippen LogP contribution is 2.29. The smallest absolute Gasteiger partial charge is 0.289 e. The average molecular weight is 276 g/mol. The molecule has 5 heteroatoms. The number of furan rings is 1. The summed E-state index contributed by atoms with van der Waals surface area (Å²) in [6, 6.07) is 3.47. The van der Waals surface area contributed by atoms with E-state index in [9.17, 15) is 4.79 Å². The molecule has 3 rings (SSSR count). The van der Waals surface area contributed by atoms with Crippen LogP contribution in [0.15, 0.2) is 28.2 Å². The minimum absolute atomic E-state index is 0.0111. The lowest BCUT2D eigenvalue weighted by atomic mass is 9.98. The van der Waals surface area contributed by atoms with Crippen molar-refractivity contribution in [3.8, 4) is 0 Å². The van der Waals surface area contributed by atoms with Gasteiger partial charge in [0.05, 0.1) is 11.3 Å². The zero-order valence-electron chi connectivity index (χ0n) is 10.8. The number of aromatic nitrogens is 1. The van der Waals surface area contributed by atoms with Gasteiger partial charge < -0.3 is 9.32 Å². The number of nitrogens with zero attached hydrogens (tertiary/aromatic N) is 2. The van der Waals surface area contributed by atoms with Gasteiger partial charge in [0.25, 0.3) is 5.91 Å². The Morgan fingerprint density at radius 1 is 1.58 bits per heavy atom. The third kappa shape index (κ3) is 2.56. The molecule has 0 N–H and O–H groups in total. The number of amides is 1. The van der Waals surface area contributed by atoms with Gasteiger partial charge in [0, 0.05) is 30.1 Å². The van der Waals surface area contributed by atoms with Crippen LogP contribution in [0.1, 0.15) is 40.0 Å². The topological polar surface area (TPSA) is 46.3 Å². The maximum atomic E-state index is 12.3. The first kappa shape index (κ1) is 12.4. The Morgan fingerprint density at radius 3 is 3.16 bits per heavy atom. The number of thiazole rings is 1. The van der Waals surface area contributed by atoms with Gasteiger partial charge in [-0.25, -0.2) is 4.98 Å². The average Bonchev–Trinajstić information content (AvgIpc) is 3.09. The van der Waals surface area contributed by atoms with E-state index in [1.807, 2.05) is 11.8 Å². The fraction of sp³-hybridized carbons (Fsp3) is 0.429. The van der Waals surface area contributed by atoms with Gasteiger partial charge in [0.1, 0.15) is 0 Å². The van der Waals surface area contributed by atoms with E-state index in [2.05, 4.69) is 10.4 Å². The van der Waals surface area contributed by atoms with Crippen LogP contribution in [0.5, 0.6) is 0 Å². The van der Waals surface area contributed by atoms with E-state index in [0.717, 1.165) is 36.6 Å². The highest BCUT2D eigenvalue weighted by Gasteiger charge is 2.28. The second-order valence-corrected chi connectivity index (χ2v) is 5.78. The van der Waals surface area contributed by atoms with E-state index in [1.54, 1.807) is 29.7 Å². The Labute approximate surface area is 116 Å². The second kappa shape index (κ2) is 5.17. The van der Waals surface area contributed by atoms with Crippen LogP contribution < -0.4 is 0 Å². The molecule has 1 atom stereocenters. The lowest BCUT2D eigenvalue weighted by molar-refractivity contribution is 0.0675. The summed E-state index contributed by atoms with van der Waals surface area (Å²) in [4.78, 5) is 18.7. The van der Waals surface area contributed by atoms with Crippen LogP contribution in [-0.2, 0) is 0 Å². The van der Waals surface area contributed by atoms with E-state index in [1.165, 1.54) is 0 Å². The predicted molar refractivity (Wildman–Crippen MR) is 73.4 cm³/mol. The molecule has 0 saturated carbocycles. The first-order valence-corrected chi connectivity index (χ1v) is 7.37. The van der Waals surface area contributed by atoms with Crippen molar-refractivity contribution in [1.82, 2.24) is 9.88 Å². The SMILES string of the molecule is Cc1csc([C@@H]2CCCN(C(=O)c3ccco3)C2)n1. The van der Waals surface area contributed by atoms with Crippen LogP contribution in [0.3, 0.4) is 0 Å². The van der Waals surface area contributed by atoms with Crippen molar-refractivity contribution >= 4 is 17.2 Å². The summed E-state index contributed by atoms with van der Waals surface area (Å²) >= 11 is 1.69. The van der Waals surface area contributed by atoms with Gasteiger partial charge in [-0.1, -0.05) is 0 Å². The third-order valence-electron chi connectivity index (χ3n) is 3.43. The van der Waals surface area contributed by atoms with Gasteiger partial charge in [0.2, 0.25) is 0 Å². The Balaban J connectivity index is 1.73. The van der Waals surface area contributed by atoms with Crippen LogP contribution in [0, 0.1) is 6.92 Å². The lowest BCUT2D eigenvalue weighted by Gasteiger charge is -2.31. The summed E-state index contributed by atoms with van der Waals surface area (Å²) in [7, 11) is 0. The van der Waals surface area contributed by atoms with Gasteiger partial charge in [0.15, 0.2) is 5.76 Å². The highest BCUT2D eigenvalue weighted by atomic mass is 32.1. The molecule has 19 heavy (non-hydrogen) atoms. The van der Waals surface area contributed by atoms with Gasteiger partial charge in [-0.3, -0.25) is 4.79 Å². The summed E-state index contributed by atoms with van der Waals surface area (Å²) in [5.74, 6) is 0.783. The van der Waals surface area contributed by atoms with Gasteiger partial charge >= 0.3 is 0 Å². The molecule has 0 radical (unpaired) electrons. The Morgan fingerprint density at radius 2 is 2.47 bits per heavy atom. The number of hydrogen-bond donors (Lipinski definition) is 0. The number of carbonyl (C=O) groups is 1. The van der Waals surface area contributed by atoms with E-state index in [4.69, 9.17) is 4.42 Å². The molecule has 1 aliphatic rings. The molecule has 0 bridgehead atoms. The van der Waals surface area contributed by atoms with Gasteiger partial charge in [-0.15, -0.1) is 11.3 Å². The Kier molecular flexibility index (Phi) is 3.38. The highest BCUT2D eigenvalue weighted by molar-refractivity contribution is 7.09. The molecule has 0 unspecified atom stereocenters. The monoisotopic (exact) mass is 276 g/mol. The molecule has 2 aromatic heterocycles. The van der Waals surface area contributed by atoms with Crippen LogP contribution in [0.2, 0.25) is 0 Å². The maximum Gasteiger partial charge on any atom is 0.289 e. The number of hydrogen-bond acceptors (Lipinski definition) is 4. The number of aryl methyl sites for hydroxylation is 1. The molecule has 1 saturated heterocycles. The standard InChI is InChI=1S/C14H16N2O2S/c1-10-9-19-13(15-10)11-4-2-6-16(8-11)14(17)12-5-3-7-18-12/h3,5,7,9,11H,2,4,6,8H2,1H3/t11-/m1/s1. The number of likely N-dealkylation sites (tertiary alicyclic amines) is 1. The van der Waals surface area contributed by atoms with E-state index >= 15 is 0 Å². The first-order valence-electron chi connectivity index (χ1n) is 6.49. The van der Waals surface area contributed by atoms with Crippen molar-refractivity contribution in [2.75, 3.05) is 13.1 Å². The van der Waals surface area contributed by atoms with Crippen molar-refractivity contribution in [3.63, 3.8) is 0 Å². The summed E-state index contributed by atoms with van der Waals surface area (Å²) in [5.41, 5.74) is 1.06. The zero-order chi connectivity index (χ0) is 13.2. The molecular weight excluding hydrogens is 260 g/mol. The fourth-order valence-electron chi connectivity index (χ4n) is 2.48. The van der Waals surface area contributed by atoms with Crippen molar-refractivity contribution in [1.29, 1.82) is 0 Å². The molecular formula is C14H16N2O2S.